The largest absolute Gasteiger partial charge is 0.493 e. The van der Waals surface area contributed by atoms with Crippen LogP contribution in [0.3, 0.4) is 0 Å². The van der Waals surface area contributed by atoms with E-state index < -0.39 is 18.0 Å². The number of allylic oxidation sites excluding steroid dienone is 1. The van der Waals surface area contributed by atoms with Crippen molar-refractivity contribution in [2.75, 3.05) is 27.9 Å². The molecule has 2 aromatic heterocycles. The van der Waals surface area contributed by atoms with Gasteiger partial charge < -0.3 is 23.4 Å². The van der Waals surface area contributed by atoms with Gasteiger partial charge in [0.2, 0.25) is 0 Å². The number of methoxy groups -OCH3 is 3. The van der Waals surface area contributed by atoms with Crippen LogP contribution in [0.25, 0.3) is 17.4 Å². The number of hydrogen-bond donors (Lipinski definition) is 0. The Hall–Kier alpha value is -4.61. The Kier molecular flexibility index (Phi) is 8.56. The van der Waals surface area contributed by atoms with Crippen LogP contribution in [0.1, 0.15) is 41.6 Å². The van der Waals surface area contributed by atoms with Crippen molar-refractivity contribution in [2.24, 2.45) is 4.99 Å². The summed E-state index contributed by atoms with van der Waals surface area (Å²) in [6.45, 7) is 3.59. The molecule has 0 bridgehead atoms. The van der Waals surface area contributed by atoms with Gasteiger partial charge in [-0.25, -0.2) is 14.6 Å². The third kappa shape index (κ3) is 5.61. The molecule has 1 atom stereocenters. The molecule has 12 heteroatoms. The first-order valence-electron chi connectivity index (χ1n) is 13.1. The van der Waals surface area contributed by atoms with Crippen molar-refractivity contribution >= 4 is 41.0 Å². The second kappa shape index (κ2) is 12.3. The van der Waals surface area contributed by atoms with Crippen molar-refractivity contribution in [2.45, 2.75) is 19.9 Å². The summed E-state index contributed by atoms with van der Waals surface area (Å²) >= 11 is 7.32. The molecule has 5 rings (SSSR count). The third-order valence-electron chi connectivity index (χ3n) is 6.80. The average Bonchev–Trinajstić information content (AvgIpc) is 3.60. The zero-order valence-corrected chi connectivity index (χ0v) is 25.5. The van der Waals surface area contributed by atoms with Crippen LogP contribution < -0.4 is 24.4 Å². The fourth-order valence-corrected chi connectivity index (χ4v) is 6.01. The fraction of sp³-hybridized carbons (Fsp3) is 0.226. The van der Waals surface area contributed by atoms with E-state index in [-0.39, 0.29) is 28.3 Å². The van der Waals surface area contributed by atoms with Gasteiger partial charge in [0.25, 0.3) is 5.56 Å². The van der Waals surface area contributed by atoms with Gasteiger partial charge in [-0.1, -0.05) is 29.0 Å². The van der Waals surface area contributed by atoms with Gasteiger partial charge >= 0.3 is 11.9 Å². The van der Waals surface area contributed by atoms with Gasteiger partial charge in [0.15, 0.2) is 16.3 Å². The lowest BCUT2D eigenvalue weighted by atomic mass is 9.95. The van der Waals surface area contributed by atoms with E-state index in [9.17, 15) is 14.4 Å². The summed E-state index contributed by atoms with van der Waals surface area (Å²) < 4.78 is 28.9. The van der Waals surface area contributed by atoms with Crippen molar-refractivity contribution < 1.29 is 33.0 Å². The maximum Gasteiger partial charge on any atom is 0.339 e. The zero-order valence-electron chi connectivity index (χ0n) is 23.9. The van der Waals surface area contributed by atoms with E-state index in [0.717, 1.165) is 0 Å². The van der Waals surface area contributed by atoms with E-state index in [2.05, 4.69) is 4.99 Å². The van der Waals surface area contributed by atoms with Gasteiger partial charge in [-0.3, -0.25) is 9.36 Å². The molecule has 43 heavy (non-hydrogen) atoms. The summed E-state index contributed by atoms with van der Waals surface area (Å²) in [5.41, 5.74) is 1.75. The number of carbonyl (C=O) groups excluding carboxylic acids is 2. The molecule has 3 heterocycles. The van der Waals surface area contributed by atoms with Crippen LogP contribution in [0, 0.1) is 0 Å². The van der Waals surface area contributed by atoms with Gasteiger partial charge in [-0.05, 0) is 61.9 Å². The first-order chi connectivity index (χ1) is 20.7. The molecular formula is C31H27ClN2O8S. The molecule has 0 radical (unpaired) electrons. The lowest BCUT2D eigenvalue weighted by Crippen LogP contribution is -2.39. The molecular weight excluding hydrogens is 596 g/mol. The molecule has 1 aliphatic rings. The van der Waals surface area contributed by atoms with E-state index in [1.54, 1.807) is 68.5 Å². The van der Waals surface area contributed by atoms with E-state index in [1.165, 1.54) is 37.2 Å². The number of hydrogen-bond acceptors (Lipinski definition) is 10. The van der Waals surface area contributed by atoms with E-state index in [4.69, 9.17) is 35.0 Å². The van der Waals surface area contributed by atoms with Gasteiger partial charge in [0, 0.05) is 11.6 Å². The van der Waals surface area contributed by atoms with Crippen LogP contribution >= 0.6 is 22.9 Å². The van der Waals surface area contributed by atoms with Gasteiger partial charge in [0.1, 0.15) is 11.5 Å². The standard InChI is InChI=1S/C31H27ClN2O8S/c1-6-41-30(37)26-16(2)33-31-34(27(26)18-8-11-23(38-3)24(14-18)39-4)28(35)25(43-31)15-19-9-12-22(42-19)17-7-10-21(32)20(13-17)29(36)40-5/h7-15,27H,6H2,1-5H3/b25-15-/t27-/m0/s1. The molecule has 0 N–H and O–H groups in total. The zero-order chi connectivity index (χ0) is 30.8. The smallest absolute Gasteiger partial charge is 0.339 e. The predicted molar refractivity (Wildman–Crippen MR) is 160 cm³/mol. The van der Waals surface area contributed by atoms with Crippen molar-refractivity contribution in [1.82, 2.24) is 4.57 Å². The lowest BCUT2D eigenvalue weighted by molar-refractivity contribution is -0.139. The summed E-state index contributed by atoms with van der Waals surface area (Å²) in [6, 6.07) is 12.7. The number of furan rings is 1. The second-order valence-electron chi connectivity index (χ2n) is 9.30. The number of fused-ring (bicyclic) bond motifs is 1. The monoisotopic (exact) mass is 622 g/mol. The summed E-state index contributed by atoms with van der Waals surface area (Å²) in [5.74, 6) is 0.679. The van der Waals surface area contributed by atoms with Gasteiger partial charge in [0.05, 0.1) is 60.4 Å². The van der Waals surface area contributed by atoms with Crippen molar-refractivity contribution in [1.29, 1.82) is 0 Å². The first kappa shape index (κ1) is 29.9. The summed E-state index contributed by atoms with van der Waals surface area (Å²) in [6.07, 6.45) is 1.61. The number of carbonyl (C=O) groups is 2. The lowest BCUT2D eigenvalue weighted by Gasteiger charge is -2.25. The molecule has 0 saturated carbocycles. The van der Waals surface area contributed by atoms with E-state index in [1.807, 2.05) is 0 Å². The van der Waals surface area contributed by atoms with Crippen LogP contribution in [-0.4, -0.2) is 44.4 Å². The van der Waals surface area contributed by atoms with E-state index >= 15 is 0 Å². The van der Waals surface area contributed by atoms with Crippen LogP contribution in [0.4, 0.5) is 0 Å². The molecule has 10 nitrogen and oxygen atoms in total. The Morgan fingerprint density at radius 3 is 2.51 bits per heavy atom. The molecule has 4 aromatic rings. The molecule has 0 fully saturated rings. The highest BCUT2D eigenvalue weighted by atomic mass is 35.5. The highest BCUT2D eigenvalue weighted by molar-refractivity contribution is 7.07. The van der Waals surface area contributed by atoms with Gasteiger partial charge in [-0.2, -0.15) is 0 Å². The topological polar surface area (TPSA) is 119 Å². The number of esters is 2. The number of ether oxygens (including phenoxy) is 4. The van der Waals surface area contributed by atoms with Crippen molar-refractivity contribution in [3.8, 4) is 22.8 Å². The number of benzene rings is 2. The molecule has 222 valence electrons. The fourth-order valence-electron chi connectivity index (χ4n) is 4.79. The molecule has 2 aromatic carbocycles. The number of thiazole rings is 1. The highest BCUT2D eigenvalue weighted by Crippen LogP contribution is 2.36. The molecule has 0 aliphatic carbocycles. The SMILES string of the molecule is CCOC(=O)C1=C(C)N=c2s/c(=C\c3ccc(-c4ccc(Cl)c(C(=O)OC)c4)o3)c(=O)n2[C@H]1c1ccc(OC)c(OC)c1. The summed E-state index contributed by atoms with van der Waals surface area (Å²) in [5, 5.41) is 0.255. The Bertz CT molecular complexity index is 1950. The van der Waals surface area contributed by atoms with Crippen molar-refractivity contribution in [3.63, 3.8) is 0 Å². The van der Waals surface area contributed by atoms with Crippen molar-refractivity contribution in [3.05, 3.63) is 101 Å². The minimum Gasteiger partial charge on any atom is -0.493 e. The Balaban J connectivity index is 1.62. The molecule has 1 aliphatic heterocycles. The maximum atomic E-state index is 13.9. The number of nitrogens with zero attached hydrogens (tertiary/aromatic N) is 2. The highest BCUT2D eigenvalue weighted by Gasteiger charge is 2.34. The molecule has 0 unspecified atom stereocenters. The molecule has 0 spiro atoms. The first-order valence-corrected chi connectivity index (χ1v) is 14.3. The third-order valence-corrected chi connectivity index (χ3v) is 8.11. The maximum absolute atomic E-state index is 13.9. The predicted octanol–water partition coefficient (Wildman–Crippen LogP) is 4.52. The summed E-state index contributed by atoms with van der Waals surface area (Å²) in [4.78, 5) is 44.2. The minimum atomic E-state index is -0.824. The van der Waals surface area contributed by atoms with E-state index in [0.29, 0.717) is 49.2 Å². The van der Waals surface area contributed by atoms with Crippen LogP contribution in [0.5, 0.6) is 11.5 Å². The van der Waals surface area contributed by atoms with Crippen LogP contribution in [0.2, 0.25) is 5.02 Å². The molecule has 0 amide bonds. The number of aromatic nitrogens is 1. The summed E-state index contributed by atoms with van der Waals surface area (Å²) in [7, 11) is 4.32. The Morgan fingerprint density at radius 2 is 1.81 bits per heavy atom. The normalized spacial score (nSPS) is 14.7. The van der Waals surface area contributed by atoms with Crippen LogP contribution in [0.15, 0.2) is 74.0 Å². The number of halogens is 1. The Labute approximate surface area is 255 Å². The molecule has 0 saturated heterocycles. The van der Waals surface area contributed by atoms with Gasteiger partial charge in [-0.15, -0.1) is 0 Å². The Morgan fingerprint density at radius 1 is 1.05 bits per heavy atom. The second-order valence-corrected chi connectivity index (χ2v) is 10.7. The average molecular weight is 623 g/mol. The minimum absolute atomic E-state index is 0.161. The number of rotatable bonds is 8. The van der Waals surface area contributed by atoms with Crippen LogP contribution in [-0.2, 0) is 14.3 Å². The quantitative estimate of drug-likeness (QED) is 0.263.